The predicted octanol–water partition coefficient (Wildman–Crippen LogP) is 2.67. The fourth-order valence-electron chi connectivity index (χ4n) is 4.16. The maximum Gasteiger partial charge on any atom is 0.267 e. The van der Waals surface area contributed by atoms with E-state index in [9.17, 15) is 9.59 Å². The molecule has 2 atom stereocenters. The minimum Gasteiger partial charge on any atom is -0.376 e. The van der Waals surface area contributed by atoms with E-state index < -0.39 is 0 Å². The molecule has 32 heavy (non-hydrogen) atoms. The predicted molar refractivity (Wildman–Crippen MR) is 128 cm³/mol. The van der Waals surface area contributed by atoms with Gasteiger partial charge in [-0.1, -0.05) is 30.0 Å². The molecule has 2 aromatic rings. The summed E-state index contributed by atoms with van der Waals surface area (Å²) in [6.07, 6.45) is 7.29. The van der Waals surface area contributed by atoms with Crippen LogP contribution >= 0.6 is 24.0 Å². The quantitative estimate of drug-likeness (QED) is 0.507. The normalized spacial score (nSPS) is 24.9. The van der Waals surface area contributed by atoms with Crippen molar-refractivity contribution in [3.05, 3.63) is 45.2 Å². The molecule has 0 aromatic carbocycles. The van der Waals surface area contributed by atoms with Gasteiger partial charge in [-0.05, 0) is 43.9 Å². The van der Waals surface area contributed by atoms with Gasteiger partial charge in [0.1, 0.15) is 15.8 Å². The first-order chi connectivity index (χ1) is 15.6. The van der Waals surface area contributed by atoms with Crippen molar-refractivity contribution in [1.82, 2.24) is 14.3 Å². The maximum absolute atomic E-state index is 13.3. The molecule has 0 aliphatic carbocycles. The summed E-state index contributed by atoms with van der Waals surface area (Å²) in [7, 11) is 0. The molecule has 0 radical (unpaired) electrons. The molecule has 5 rings (SSSR count). The number of fused-ring (bicyclic) bond motifs is 1. The van der Waals surface area contributed by atoms with Gasteiger partial charge in [0.2, 0.25) is 0 Å². The fourth-order valence-corrected chi connectivity index (χ4v) is 5.42. The average Bonchev–Trinajstić information content (AvgIpc) is 3.55. The second-order valence-corrected chi connectivity index (χ2v) is 9.73. The Kier molecular flexibility index (Phi) is 6.27. The molecular formula is C22H24N4O4S2. The van der Waals surface area contributed by atoms with Crippen LogP contribution < -0.4 is 10.9 Å². The van der Waals surface area contributed by atoms with Gasteiger partial charge in [-0.3, -0.25) is 18.9 Å². The highest BCUT2D eigenvalue weighted by atomic mass is 32.2. The van der Waals surface area contributed by atoms with Crippen LogP contribution in [0.5, 0.6) is 0 Å². The van der Waals surface area contributed by atoms with Gasteiger partial charge in [0.15, 0.2) is 0 Å². The zero-order valence-corrected chi connectivity index (χ0v) is 19.1. The van der Waals surface area contributed by atoms with Crippen molar-refractivity contribution in [1.29, 1.82) is 0 Å². The van der Waals surface area contributed by atoms with Gasteiger partial charge in [-0.2, -0.15) is 0 Å². The molecule has 10 heteroatoms. The second kappa shape index (κ2) is 9.30. The molecule has 1 amide bonds. The van der Waals surface area contributed by atoms with Crippen LogP contribution in [0.4, 0.5) is 5.82 Å². The topological polar surface area (TPSA) is 85.2 Å². The number of ether oxygens (including phenoxy) is 2. The number of hydrogen-bond donors (Lipinski definition) is 1. The molecule has 3 aliphatic rings. The first kappa shape index (κ1) is 21.6. The first-order valence-electron chi connectivity index (χ1n) is 10.8. The number of carbonyl (C=O) groups excluding carboxylic acids is 1. The summed E-state index contributed by atoms with van der Waals surface area (Å²) in [5, 5.41) is 3.28. The van der Waals surface area contributed by atoms with Crippen molar-refractivity contribution in [3.8, 4) is 0 Å². The van der Waals surface area contributed by atoms with E-state index in [2.05, 4.69) is 10.3 Å². The molecule has 168 valence electrons. The summed E-state index contributed by atoms with van der Waals surface area (Å²) in [5.41, 5.74) is 0.634. The lowest BCUT2D eigenvalue weighted by Gasteiger charge is -2.18. The van der Waals surface area contributed by atoms with E-state index in [4.69, 9.17) is 21.7 Å². The molecule has 8 nitrogen and oxygen atoms in total. The van der Waals surface area contributed by atoms with Gasteiger partial charge < -0.3 is 14.8 Å². The van der Waals surface area contributed by atoms with Crippen molar-refractivity contribution in [2.75, 3.05) is 31.6 Å². The van der Waals surface area contributed by atoms with Crippen LogP contribution in [0.2, 0.25) is 0 Å². The Morgan fingerprint density at radius 2 is 1.97 bits per heavy atom. The summed E-state index contributed by atoms with van der Waals surface area (Å²) in [6, 6.07) is 5.39. The van der Waals surface area contributed by atoms with Crippen LogP contribution in [0.15, 0.2) is 34.1 Å². The maximum atomic E-state index is 13.3. The number of thioether (sulfide) groups is 1. The molecule has 0 saturated carbocycles. The zero-order chi connectivity index (χ0) is 22.1. The van der Waals surface area contributed by atoms with E-state index in [-0.39, 0.29) is 23.7 Å². The van der Waals surface area contributed by atoms with Crippen LogP contribution in [0.3, 0.4) is 0 Å². The summed E-state index contributed by atoms with van der Waals surface area (Å²) in [5.74, 6) is 0.249. The third-order valence-electron chi connectivity index (χ3n) is 5.85. The lowest BCUT2D eigenvalue weighted by molar-refractivity contribution is -0.123. The molecule has 0 spiro atoms. The SMILES string of the molecule is O=C1/C(=C/c2c(NC[C@@H]3CCCO3)nc3ccccn3c2=O)SC(=S)N1C[C@H]1CCCO1. The molecule has 0 bridgehead atoms. The Labute approximate surface area is 195 Å². The summed E-state index contributed by atoms with van der Waals surface area (Å²) in [6.45, 7) is 2.46. The number of nitrogens with zero attached hydrogens (tertiary/aromatic N) is 3. The number of rotatable bonds is 6. The number of aromatic nitrogens is 2. The molecule has 3 aliphatic heterocycles. The molecule has 3 saturated heterocycles. The highest BCUT2D eigenvalue weighted by molar-refractivity contribution is 8.26. The third-order valence-corrected chi connectivity index (χ3v) is 7.23. The summed E-state index contributed by atoms with van der Waals surface area (Å²) in [4.78, 5) is 33.0. The van der Waals surface area contributed by atoms with Crippen molar-refractivity contribution < 1.29 is 14.3 Å². The van der Waals surface area contributed by atoms with E-state index >= 15 is 0 Å². The minimum absolute atomic E-state index is 0.00782. The Hall–Kier alpha value is -2.27. The van der Waals surface area contributed by atoms with Crippen molar-refractivity contribution in [3.63, 3.8) is 0 Å². The smallest absolute Gasteiger partial charge is 0.267 e. The van der Waals surface area contributed by atoms with Crippen LogP contribution in [0.25, 0.3) is 11.7 Å². The monoisotopic (exact) mass is 472 g/mol. The van der Waals surface area contributed by atoms with Crippen LogP contribution in [0.1, 0.15) is 31.2 Å². The van der Waals surface area contributed by atoms with Crippen molar-refractivity contribution in [2.24, 2.45) is 0 Å². The highest BCUT2D eigenvalue weighted by Gasteiger charge is 2.35. The zero-order valence-electron chi connectivity index (χ0n) is 17.5. The number of anilines is 1. The molecular weight excluding hydrogens is 448 g/mol. The number of nitrogens with one attached hydrogen (secondary N) is 1. The van der Waals surface area contributed by atoms with Crippen LogP contribution in [0, 0.1) is 0 Å². The summed E-state index contributed by atoms with van der Waals surface area (Å²) >= 11 is 6.66. The lowest BCUT2D eigenvalue weighted by atomic mass is 10.2. The number of pyridine rings is 1. The highest BCUT2D eigenvalue weighted by Crippen LogP contribution is 2.34. The van der Waals surface area contributed by atoms with Gasteiger partial charge >= 0.3 is 0 Å². The van der Waals surface area contributed by atoms with Crippen LogP contribution in [-0.2, 0) is 14.3 Å². The first-order valence-corrected chi connectivity index (χ1v) is 12.1. The van der Waals surface area contributed by atoms with Gasteiger partial charge in [-0.25, -0.2) is 4.98 Å². The van der Waals surface area contributed by atoms with Gasteiger partial charge in [0.25, 0.3) is 11.5 Å². The Morgan fingerprint density at radius 3 is 2.72 bits per heavy atom. The van der Waals surface area contributed by atoms with Crippen LogP contribution in [-0.4, -0.2) is 63.0 Å². The molecule has 0 unspecified atom stereocenters. The van der Waals surface area contributed by atoms with E-state index in [0.717, 1.165) is 32.3 Å². The van der Waals surface area contributed by atoms with E-state index in [1.165, 1.54) is 16.2 Å². The lowest BCUT2D eigenvalue weighted by Crippen LogP contribution is -2.35. The van der Waals surface area contributed by atoms with Crippen molar-refractivity contribution >= 4 is 51.7 Å². The van der Waals surface area contributed by atoms with E-state index in [0.29, 0.717) is 46.0 Å². The Morgan fingerprint density at radius 1 is 1.19 bits per heavy atom. The number of thiocarbonyl (C=S) groups is 1. The average molecular weight is 473 g/mol. The number of amides is 1. The second-order valence-electron chi connectivity index (χ2n) is 8.05. The van der Waals surface area contributed by atoms with Gasteiger partial charge in [-0.15, -0.1) is 0 Å². The van der Waals surface area contributed by atoms with Gasteiger partial charge in [0, 0.05) is 26.0 Å². The Balaban J connectivity index is 1.47. The fraction of sp³-hybridized carbons (Fsp3) is 0.455. The third kappa shape index (κ3) is 4.32. The standard InChI is InChI=1S/C22H24N4O4S2/c27-20-16(11-17-21(28)26(22(31)32-17)13-15-6-4-10-30-15)19(23-12-14-5-3-9-29-14)24-18-7-1-2-8-25(18)20/h1-2,7-8,11,14-15,23H,3-6,9-10,12-13H2/b17-11-/t14-,15+/m0/s1. The Bertz CT molecular complexity index is 1140. The van der Waals surface area contributed by atoms with E-state index in [1.807, 2.05) is 6.07 Å². The number of carbonyl (C=O) groups is 1. The van der Waals surface area contributed by atoms with E-state index in [1.54, 1.807) is 29.3 Å². The molecule has 5 heterocycles. The number of hydrogen-bond acceptors (Lipinski definition) is 8. The van der Waals surface area contributed by atoms with Gasteiger partial charge in [0.05, 0.1) is 29.2 Å². The largest absolute Gasteiger partial charge is 0.376 e. The molecule has 1 N–H and O–H groups in total. The molecule has 2 aromatic heterocycles. The summed E-state index contributed by atoms with van der Waals surface area (Å²) < 4.78 is 13.3. The van der Waals surface area contributed by atoms with Crippen molar-refractivity contribution in [2.45, 2.75) is 37.9 Å². The minimum atomic E-state index is -0.241. The molecule has 3 fully saturated rings.